The predicted octanol–water partition coefficient (Wildman–Crippen LogP) is 1.79. The Bertz CT molecular complexity index is 630. The third kappa shape index (κ3) is 1.92. The van der Waals surface area contributed by atoms with Crippen LogP contribution in [0.1, 0.15) is 27.8 Å². The average molecular weight is 262 g/mol. The van der Waals surface area contributed by atoms with Crippen molar-refractivity contribution in [2.45, 2.75) is 6.10 Å². The molecule has 1 aromatic heterocycles. The number of aliphatic hydroxyl groups is 1. The number of carboxylic acids is 1. The largest absolute Gasteiger partial charge is 0.478 e. The number of aromatic carboxylic acids is 1. The summed E-state index contributed by atoms with van der Waals surface area (Å²) >= 11 is 0. The molecular formula is C13H10O6. The average Bonchev–Trinajstić information content (AvgIpc) is 3.05. The maximum absolute atomic E-state index is 11.0. The van der Waals surface area contributed by atoms with Crippen molar-refractivity contribution < 1.29 is 28.9 Å². The van der Waals surface area contributed by atoms with Crippen LogP contribution in [0.5, 0.6) is 11.5 Å². The van der Waals surface area contributed by atoms with Gasteiger partial charge in [0.2, 0.25) is 6.79 Å². The third-order valence-electron chi connectivity index (χ3n) is 2.89. The van der Waals surface area contributed by atoms with Gasteiger partial charge in [-0.15, -0.1) is 0 Å². The van der Waals surface area contributed by atoms with E-state index in [9.17, 15) is 9.90 Å². The number of carboxylic acid groups (broad SMARTS) is 1. The fourth-order valence-corrected chi connectivity index (χ4v) is 1.94. The van der Waals surface area contributed by atoms with Gasteiger partial charge in [0.1, 0.15) is 11.7 Å². The smallest absolute Gasteiger partial charge is 0.339 e. The minimum absolute atomic E-state index is 0.00800. The van der Waals surface area contributed by atoms with Crippen molar-refractivity contribution in [1.82, 2.24) is 0 Å². The van der Waals surface area contributed by atoms with Gasteiger partial charge in [-0.05, 0) is 23.8 Å². The van der Waals surface area contributed by atoms with E-state index in [1.165, 1.54) is 12.3 Å². The van der Waals surface area contributed by atoms with Crippen molar-refractivity contribution >= 4 is 5.97 Å². The van der Waals surface area contributed by atoms with E-state index < -0.39 is 12.1 Å². The molecule has 98 valence electrons. The van der Waals surface area contributed by atoms with E-state index in [0.29, 0.717) is 17.1 Å². The fourth-order valence-electron chi connectivity index (χ4n) is 1.94. The lowest BCUT2D eigenvalue weighted by Gasteiger charge is -2.10. The fraction of sp³-hybridized carbons (Fsp3) is 0.154. The maximum Gasteiger partial charge on any atom is 0.339 e. The van der Waals surface area contributed by atoms with E-state index in [4.69, 9.17) is 19.0 Å². The van der Waals surface area contributed by atoms with Crippen molar-refractivity contribution in [2.75, 3.05) is 6.79 Å². The number of fused-ring (bicyclic) bond motifs is 1. The summed E-state index contributed by atoms with van der Waals surface area (Å²) in [5.74, 6) is -0.0521. The van der Waals surface area contributed by atoms with Gasteiger partial charge in [0.05, 0.1) is 6.26 Å². The monoisotopic (exact) mass is 262 g/mol. The Morgan fingerprint density at radius 1 is 1.21 bits per heavy atom. The molecule has 2 N–H and O–H groups in total. The Morgan fingerprint density at radius 2 is 2.00 bits per heavy atom. The lowest BCUT2D eigenvalue weighted by Crippen LogP contribution is -2.05. The van der Waals surface area contributed by atoms with Crippen molar-refractivity contribution in [2.24, 2.45) is 0 Å². The molecule has 1 aliphatic heterocycles. The first kappa shape index (κ1) is 11.6. The minimum atomic E-state index is -1.17. The molecule has 0 spiro atoms. The van der Waals surface area contributed by atoms with Gasteiger partial charge in [-0.1, -0.05) is 6.07 Å². The van der Waals surface area contributed by atoms with Crippen LogP contribution < -0.4 is 9.47 Å². The van der Waals surface area contributed by atoms with Gasteiger partial charge in [0, 0.05) is 0 Å². The highest BCUT2D eigenvalue weighted by atomic mass is 16.7. The Morgan fingerprint density at radius 3 is 2.79 bits per heavy atom. The summed E-state index contributed by atoms with van der Waals surface area (Å²) in [6, 6.07) is 6.19. The number of furan rings is 1. The van der Waals surface area contributed by atoms with Crippen LogP contribution in [0.2, 0.25) is 0 Å². The van der Waals surface area contributed by atoms with Crippen LogP contribution in [0.4, 0.5) is 0 Å². The molecule has 1 unspecified atom stereocenters. The lowest BCUT2D eigenvalue weighted by atomic mass is 10.0. The van der Waals surface area contributed by atoms with Gasteiger partial charge in [0.15, 0.2) is 17.3 Å². The minimum Gasteiger partial charge on any atom is -0.478 e. The van der Waals surface area contributed by atoms with E-state index in [1.807, 2.05) is 0 Å². The number of aliphatic hydroxyl groups excluding tert-OH is 1. The van der Waals surface area contributed by atoms with Gasteiger partial charge < -0.3 is 24.1 Å². The summed E-state index contributed by atoms with van der Waals surface area (Å²) in [7, 11) is 0. The molecule has 6 heteroatoms. The third-order valence-corrected chi connectivity index (χ3v) is 2.89. The van der Waals surface area contributed by atoms with E-state index in [-0.39, 0.29) is 18.1 Å². The molecule has 0 saturated heterocycles. The second kappa shape index (κ2) is 4.33. The molecule has 0 radical (unpaired) electrons. The van der Waals surface area contributed by atoms with Gasteiger partial charge in [-0.25, -0.2) is 4.79 Å². The standard InChI is InChI=1S/C13H10O6/c14-11(12-8(13(15)16)3-4-17-12)7-1-2-9-10(5-7)19-6-18-9/h1-5,11,14H,6H2,(H,15,16). The Kier molecular flexibility index (Phi) is 2.64. The van der Waals surface area contributed by atoms with Crippen LogP contribution in [0.15, 0.2) is 34.9 Å². The molecule has 0 aliphatic carbocycles. The summed E-state index contributed by atoms with van der Waals surface area (Å²) < 4.78 is 15.4. The first-order valence-electron chi connectivity index (χ1n) is 5.55. The molecule has 3 rings (SSSR count). The Balaban J connectivity index is 1.97. The first-order chi connectivity index (χ1) is 9.16. The first-order valence-corrected chi connectivity index (χ1v) is 5.55. The number of hydrogen-bond acceptors (Lipinski definition) is 5. The summed E-state index contributed by atoms with van der Waals surface area (Å²) in [5.41, 5.74) is 0.409. The zero-order valence-electron chi connectivity index (χ0n) is 9.70. The molecule has 0 saturated carbocycles. The van der Waals surface area contributed by atoms with Crippen LogP contribution in [0, 0.1) is 0 Å². The van der Waals surface area contributed by atoms with Crippen molar-refractivity contribution in [3.63, 3.8) is 0 Å². The van der Waals surface area contributed by atoms with Crippen LogP contribution in [0.25, 0.3) is 0 Å². The number of hydrogen-bond donors (Lipinski definition) is 2. The quantitative estimate of drug-likeness (QED) is 0.876. The summed E-state index contributed by atoms with van der Waals surface area (Å²) in [4.78, 5) is 11.0. The van der Waals surface area contributed by atoms with Crippen LogP contribution in [0.3, 0.4) is 0 Å². The Hall–Kier alpha value is -2.47. The van der Waals surface area contributed by atoms with Crippen molar-refractivity contribution in [3.05, 3.63) is 47.4 Å². The summed E-state index contributed by atoms with van der Waals surface area (Å²) in [6.45, 7) is 0.135. The molecule has 1 aromatic carbocycles. The lowest BCUT2D eigenvalue weighted by molar-refractivity contribution is 0.0687. The van der Waals surface area contributed by atoms with Crippen molar-refractivity contribution in [1.29, 1.82) is 0 Å². The molecule has 1 aliphatic rings. The Labute approximate surface area is 107 Å². The normalized spacial score (nSPS) is 14.4. The van der Waals surface area contributed by atoms with E-state index >= 15 is 0 Å². The second-order valence-electron chi connectivity index (χ2n) is 4.02. The van der Waals surface area contributed by atoms with Gasteiger partial charge in [-0.2, -0.15) is 0 Å². The van der Waals surface area contributed by atoms with E-state index in [0.717, 1.165) is 0 Å². The number of carbonyl (C=O) groups is 1. The number of benzene rings is 1. The molecule has 0 amide bonds. The molecule has 2 aromatic rings. The van der Waals surface area contributed by atoms with Crippen molar-refractivity contribution in [3.8, 4) is 11.5 Å². The number of rotatable bonds is 3. The summed E-state index contributed by atoms with van der Waals surface area (Å²) in [5, 5.41) is 19.2. The van der Waals surface area contributed by atoms with Crippen LogP contribution >= 0.6 is 0 Å². The van der Waals surface area contributed by atoms with Crippen LogP contribution in [-0.4, -0.2) is 23.0 Å². The number of ether oxygens (including phenoxy) is 2. The highest BCUT2D eigenvalue weighted by Gasteiger charge is 2.24. The molecular weight excluding hydrogens is 252 g/mol. The maximum atomic E-state index is 11.0. The molecule has 2 heterocycles. The summed E-state index contributed by atoms with van der Waals surface area (Å²) in [6.07, 6.45) is 0.0604. The van der Waals surface area contributed by atoms with Gasteiger partial charge >= 0.3 is 5.97 Å². The van der Waals surface area contributed by atoms with Gasteiger partial charge in [-0.3, -0.25) is 0 Å². The molecule has 0 bridgehead atoms. The molecule has 6 nitrogen and oxygen atoms in total. The zero-order chi connectivity index (χ0) is 13.4. The molecule has 19 heavy (non-hydrogen) atoms. The molecule has 0 fully saturated rings. The SMILES string of the molecule is O=C(O)c1ccoc1C(O)c1ccc2c(c1)OCO2. The highest BCUT2D eigenvalue weighted by Crippen LogP contribution is 2.36. The zero-order valence-corrected chi connectivity index (χ0v) is 9.70. The van der Waals surface area contributed by atoms with Crippen LogP contribution in [-0.2, 0) is 0 Å². The molecule has 1 atom stereocenters. The van der Waals surface area contributed by atoms with Gasteiger partial charge in [0.25, 0.3) is 0 Å². The predicted molar refractivity (Wildman–Crippen MR) is 62.3 cm³/mol. The highest BCUT2D eigenvalue weighted by molar-refractivity contribution is 5.88. The van der Waals surface area contributed by atoms with E-state index in [1.54, 1.807) is 18.2 Å². The topological polar surface area (TPSA) is 89.1 Å². The second-order valence-corrected chi connectivity index (χ2v) is 4.02. The van der Waals surface area contributed by atoms with E-state index in [2.05, 4.69) is 0 Å².